The fourth-order valence-corrected chi connectivity index (χ4v) is 1.47. The molecule has 3 nitrogen and oxygen atoms in total. The zero-order chi connectivity index (χ0) is 9.84. The van der Waals surface area contributed by atoms with Crippen LogP contribution in [0.3, 0.4) is 0 Å². The van der Waals surface area contributed by atoms with Gasteiger partial charge in [0.1, 0.15) is 5.82 Å². The van der Waals surface area contributed by atoms with E-state index in [2.05, 4.69) is 16.9 Å². The maximum atomic E-state index is 5.51. The van der Waals surface area contributed by atoms with Gasteiger partial charge in [-0.1, -0.05) is 6.92 Å². The van der Waals surface area contributed by atoms with E-state index in [1.165, 1.54) is 5.56 Å². The third-order valence-electron chi connectivity index (χ3n) is 2.18. The Morgan fingerprint density at radius 2 is 1.69 bits per heavy atom. The summed E-state index contributed by atoms with van der Waals surface area (Å²) in [5, 5.41) is 0. The van der Waals surface area contributed by atoms with Crippen LogP contribution in [-0.4, -0.2) is 16.5 Å². The topological polar surface area (TPSA) is 51.8 Å². The molecule has 0 atom stereocenters. The van der Waals surface area contributed by atoms with E-state index >= 15 is 0 Å². The smallest absolute Gasteiger partial charge is 0.128 e. The van der Waals surface area contributed by atoms with E-state index in [1.54, 1.807) is 0 Å². The molecule has 0 fully saturated rings. The first-order chi connectivity index (χ1) is 6.19. The number of nitrogens with two attached hydrogens (primary N) is 1. The zero-order valence-electron chi connectivity index (χ0n) is 8.59. The Labute approximate surface area is 79.4 Å². The lowest BCUT2D eigenvalue weighted by molar-refractivity contribution is 0.840. The van der Waals surface area contributed by atoms with E-state index in [1.807, 2.05) is 13.8 Å². The number of aromatic nitrogens is 2. The second kappa shape index (κ2) is 4.33. The summed E-state index contributed by atoms with van der Waals surface area (Å²) in [6, 6.07) is 0. The van der Waals surface area contributed by atoms with Crippen LogP contribution in [0.4, 0.5) is 0 Å². The number of aryl methyl sites for hydroxylation is 3. The van der Waals surface area contributed by atoms with E-state index < -0.39 is 0 Å². The van der Waals surface area contributed by atoms with E-state index in [0.29, 0.717) is 6.54 Å². The van der Waals surface area contributed by atoms with Crippen molar-refractivity contribution in [3.05, 3.63) is 22.8 Å². The largest absolute Gasteiger partial charge is 0.330 e. The molecular weight excluding hydrogens is 162 g/mol. The third-order valence-corrected chi connectivity index (χ3v) is 2.18. The number of rotatable bonds is 3. The van der Waals surface area contributed by atoms with Crippen LogP contribution in [0.5, 0.6) is 0 Å². The first-order valence-electron chi connectivity index (χ1n) is 4.72. The molecule has 1 aromatic heterocycles. The van der Waals surface area contributed by atoms with Gasteiger partial charge in [-0.25, -0.2) is 9.97 Å². The lowest BCUT2D eigenvalue weighted by Gasteiger charge is -2.08. The lowest BCUT2D eigenvalue weighted by atomic mass is 10.1. The molecule has 3 heteroatoms. The normalized spacial score (nSPS) is 10.5. The van der Waals surface area contributed by atoms with Crippen molar-refractivity contribution in [2.24, 2.45) is 5.73 Å². The van der Waals surface area contributed by atoms with Gasteiger partial charge in [0, 0.05) is 17.8 Å². The molecule has 0 bridgehead atoms. The maximum absolute atomic E-state index is 5.51. The van der Waals surface area contributed by atoms with E-state index in [4.69, 9.17) is 5.73 Å². The standard InChI is InChI=1S/C10H17N3/c1-4-10-12-7(2)9(5-6-11)8(3)13-10/h4-6,11H2,1-3H3. The Balaban J connectivity index is 3.07. The van der Waals surface area contributed by atoms with Gasteiger partial charge >= 0.3 is 0 Å². The number of hydrogen-bond acceptors (Lipinski definition) is 3. The fourth-order valence-electron chi connectivity index (χ4n) is 1.47. The van der Waals surface area contributed by atoms with Crippen LogP contribution in [0, 0.1) is 13.8 Å². The SMILES string of the molecule is CCc1nc(C)c(CCN)c(C)n1. The van der Waals surface area contributed by atoms with Crippen LogP contribution in [-0.2, 0) is 12.8 Å². The van der Waals surface area contributed by atoms with Gasteiger partial charge in [-0.05, 0) is 32.4 Å². The molecule has 13 heavy (non-hydrogen) atoms. The highest BCUT2D eigenvalue weighted by Crippen LogP contribution is 2.10. The number of nitrogens with zero attached hydrogens (tertiary/aromatic N) is 2. The highest BCUT2D eigenvalue weighted by molar-refractivity contribution is 5.24. The summed E-state index contributed by atoms with van der Waals surface area (Å²) < 4.78 is 0. The van der Waals surface area contributed by atoms with Crippen molar-refractivity contribution in [1.82, 2.24) is 9.97 Å². The van der Waals surface area contributed by atoms with Crippen molar-refractivity contribution in [3.8, 4) is 0 Å². The molecule has 1 aromatic rings. The van der Waals surface area contributed by atoms with Crippen LogP contribution in [0.25, 0.3) is 0 Å². The van der Waals surface area contributed by atoms with Crippen LogP contribution in [0.15, 0.2) is 0 Å². The minimum absolute atomic E-state index is 0.663. The summed E-state index contributed by atoms with van der Waals surface area (Å²) in [5.41, 5.74) is 8.88. The molecule has 0 saturated heterocycles. The van der Waals surface area contributed by atoms with Crippen molar-refractivity contribution in [3.63, 3.8) is 0 Å². The molecule has 0 radical (unpaired) electrons. The van der Waals surface area contributed by atoms with Gasteiger partial charge in [0.25, 0.3) is 0 Å². The molecule has 0 aromatic carbocycles. The monoisotopic (exact) mass is 179 g/mol. The molecule has 2 N–H and O–H groups in total. The van der Waals surface area contributed by atoms with Crippen molar-refractivity contribution < 1.29 is 0 Å². The summed E-state index contributed by atoms with van der Waals surface area (Å²) in [5.74, 6) is 0.927. The van der Waals surface area contributed by atoms with Crippen LogP contribution in [0.2, 0.25) is 0 Å². The summed E-state index contributed by atoms with van der Waals surface area (Å²) >= 11 is 0. The number of hydrogen-bond donors (Lipinski definition) is 1. The third kappa shape index (κ3) is 2.25. The summed E-state index contributed by atoms with van der Waals surface area (Å²) in [7, 11) is 0. The van der Waals surface area contributed by atoms with Crippen LogP contribution in [0.1, 0.15) is 29.7 Å². The van der Waals surface area contributed by atoms with Gasteiger partial charge in [-0.15, -0.1) is 0 Å². The molecule has 0 saturated carbocycles. The Morgan fingerprint density at radius 3 is 2.08 bits per heavy atom. The van der Waals surface area contributed by atoms with E-state index in [-0.39, 0.29) is 0 Å². The maximum Gasteiger partial charge on any atom is 0.128 e. The Hall–Kier alpha value is -0.960. The van der Waals surface area contributed by atoms with Crippen molar-refractivity contribution >= 4 is 0 Å². The molecule has 0 unspecified atom stereocenters. The summed E-state index contributed by atoms with van der Waals surface area (Å²) in [6.45, 7) is 6.78. The first kappa shape index (κ1) is 10.1. The molecule has 1 rings (SSSR count). The van der Waals surface area contributed by atoms with E-state index in [9.17, 15) is 0 Å². The first-order valence-corrected chi connectivity index (χ1v) is 4.72. The van der Waals surface area contributed by atoms with Gasteiger partial charge in [-0.2, -0.15) is 0 Å². The molecule has 0 amide bonds. The van der Waals surface area contributed by atoms with Gasteiger partial charge in [-0.3, -0.25) is 0 Å². The van der Waals surface area contributed by atoms with Gasteiger partial charge < -0.3 is 5.73 Å². The van der Waals surface area contributed by atoms with Crippen molar-refractivity contribution in [2.45, 2.75) is 33.6 Å². The molecule has 0 aliphatic carbocycles. The predicted octanol–water partition coefficient (Wildman–Crippen LogP) is 1.16. The molecular formula is C10H17N3. The molecule has 72 valence electrons. The molecule has 1 heterocycles. The molecule has 0 spiro atoms. The quantitative estimate of drug-likeness (QED) is 0.757. The highest BCUT2D eigenvalue weighted by Gasteiger charge is 2.05. The summed E-state index contributed by atoms with van der Waals surface area (Å²) in [6.07, 6.45) is 1.77. The second-order valence-corrected chi connectivity index (χ2v) is 3.18. The minimum Gasteiger partial charge on any atom is -0.330 e. The van der Waals surface area contributed by atoms with E-state index in [0.717, 1.165) is 30.1 Å². The average molecular weight is 179 g/mol. The predicted molar refractivity (Wildman–Crippen MR) is 53.6 cm³/mol. The van der Waals surface area contributed by atoms with Gasteiger partial charge in [0.05, 0.1) is 0 Å². The molecule has 0 aliphatic heterocycles. The van der Waals surface area contributed by atoms with Crippen LogP contribution < -0.4 is 5.73 Å². The minimum atomic E-state index is 0.663. The van der Waals surface area contributed by atoms with Crippen molar-refractivity contribution in [2.75, 3.05) is 6.54 Å². The fraction of sp³-hybridized carbons (Fsp3) is 0.600. The zero-order valence-corrected chi connectivity index (χ0v) is 8.59. The Bertz CT molecular complexity index is 271. The second-order valence-electron chi connectivity index (χ2n) is 3.18. The van der Waals surface area contributed by atoms with Gasteiger partial charge in [0.2, 0.25) is 0 Å². The Kier molecular flexibility index (Phi) is 3.37. The highest BCUT2D eigenvalue weighted by atomic mass is 14.9. The lowest BCUT2D eigenvalue weighted by Crippen LogP contribution is -2.10. The van der Waals surface area contributed by atoms with Gasteiger partial charge in [0.15, 0.2) is 0 Å². The Morgan fingerprint density at radius 1 is 1.15 bits per heavy atom. The van der Waals surface area contributed by atoms with Crippen LogP contribution >= 0.6 is 0 Å². The van der Waals surface area contributed by atoms with Crippen molar-refractivity contribution in [1.29, 1.82) is 0 Å². The summed E-state index contributed by atoms with van der Waals surface area (Å²) in [4.78, 5) is 8.81. The molecule has 0 aliphatic rings. The average Bonchev–Trinajstić information content (AvgIpc) is 2.11.